The van der Waals surface area contributed by atoms with Gasteiger partial charge in [-0.2, -0.15) is 0 Å². The van der Waals surface area contributed by atoms with Gasteiger partial charge < -0.3 is 0 Å². The molecule has 0 bridgehead atoms. The van der Waals surface area contributed by atoms with Gasteiger partial charge in [-0.15, -0.1) is 22.8 Å². The molecule has 0 radical (unpaired) electrons. The molecule has 0 rings (SSSR count). The van der Waals surface area contributed by atoms with E-state index in [1.807, 2.05) is 22.8 Å². The van der Waals surface area contributed by atoms with Gasteiger partial charge in [0.1, 0.15) is 0 Å². The summed E-state index contributed by atoms with van der Waals surface area (Å²) in [4.78, 5) is 0. The summed E-state index contributed by atoms with van der Waals surface area (Å²) in [5, 5.41) is 0.498. The number of hydrogen-bond acceptors (Lipinski definition) is 2. The maximum Gasteiger partial charge on any atom is 0.0548 e. The van der Waals surface area contributed by atoms with E-state index in [-0.39, 0.29) is 10.3 Å². The van der Waals surface area contributed by atoms with Crippen molar-refractivity contribution in [2.45, 2.75) is 58.3 Å². The Morgan fingerprint density at radius 3 is 1.29 bits per heavy atom. The summed E-state index contributed by atoms with van der Waals surface area (Å²) in [5.74, 6) is 2.31. The van der Waals surface area contributed by atoms with Gasteiger partial charge in [0.25, 0.3) is 0 Å². The van der Waals surface area contributed by atoms with Crippen molar-refractivity contribution in [3.63, 3.8) is 0 Å². The quantitative estimate of drug-likeness (QED) is 0.357. The molecule has 0 aliphatic rings. The molecule has 104 valence electrons. The molecule has 0 heterocycles. The maximum absolute atomic E-state index is 6.37. The second kappa shape index (κ2) is 8.43. The first-order chi connectivity index (χ1) is 7.55. The molecule has 6 heteroatoms. The molecule has 0 nitrogen and oxygen atoms in total. The lowest BCUT2D eigenvalue weighted by atomic mass is 10.3. The van der Waals surface area contributed by atoms with Crippen LogP contribution in [-0.2, 0) is 0 Å². The highest BCUT2D eigenvalue weighted by Crippen LogP contribution is 2.65. The molecule has 0 aliphatic carbocycles. The lowest BCUT2D eigenvalue weighted by Gasteiger charge is -2.25. The Hall–Kier alpha value is 2.14. The summed E-state index contributed by atoms with van der Waals surface area (Å²) >= 11 is 16.6. The Morgan fingerprint density at radius 2 is 1.06 bits per heavy atom. The van der Waals surface area contributed by atoms with E-state index >= 15 is 0 Å². The second-order valence-electron chi connectivity index (χ2n) is 5.85. The predicted octanol–water partition coefficient (Wildman–Crippen LogP) is 7.54. The monoisotopic (exact) mass is 352 g/mol. The normalized spacial score (nSPS) is 16.9. The minimum atomic E-state index is -0.424. The molecule has 0 fully saturated rings. The van der Waals surface area contributed by atoms with Crippen LogP contribution in [0.25, 0.3) is 0 Å². The SMILES string of the molecule is CC(C)(C)P(Cl)SCCCSP(Cl)C(C)(C)C. The zero-order valence-electron chi connectivity index (χ0n) is 11.6. The third-order valence-electron chi connectivity index (χ3n) is 1.75. The van der Waals surface area contributed by atoms with E-state index in [0.717, 1.165) is 11.5 Å². The minimum absolute atomic E-state index is 0.249. The van der Waals surface area contributed by atoms with Crippen LogP contribution < -0.4 is 0 Å². The zero-order valence-corrected chi connectivity index (χ0v) is 16.5. The molecule has 0 aliphatic heterocycles. The fourth-order valence-electron chi connectivity index (χ4n) is 0.736. The number of rotatable bonds is 6. The van der Waals surface area contributed by atoms with Crippen molar-refractivity contribution in [1.29, 1.82) is 0 Å². The fraction of sp³-hybridized carbons (Fsp3) is 1.00. The van der Waals surface area contributed by atoms with Gasteiger partial charge in [0.15, 0.2) is 0 Å². The molecule has 17 heavy (non-hydrogen) atoms. The molecule has 0 saturated carbocycles. The molecule has 0 aromatic carbocycles. The first-order valence-electron chi connectivity index (χ1n) is 5.73. The summed E-state index contributed by atoms with van der Waals surface area (Å²) < 4.78 is 0. The first kappa shape index (κ1) is 19.1. The molecule has 0 aromatic rings. The van der Waals surface area contributed by atoms with Crippen LogP contribution >= 0.6 is 58.2 Å². The maximum atomic E-state index is 6.37. The summed E-state index contributed by atoms with van der Waals surface area (Å²) in [6.45, 7) is 12.4. The number of halogens is 2. The molecular weight excluding hydrogens is 329 g/mol. The van der Waals surface area contributed by atoms with Gasteiger partial charge in [0, 0.05) is 10.3 Å². The molecule has 2 atom stereocenters. The number of hydrogen-bond donors (Lipinski definition) is 0. The third-order valence-corrected chi connectivity index (χ3v) is 15.8. The average Bonchev–Trinajstić information content (AvgIpc) is 2.13. The summed E-state index contributed by atoms with van der Waals surface area (Å²) in [7, 11) is 0. The van der Waals surface area contributed by atoms with E-state index in [9.17, 15) is 0 Å². The highest BCUT2D eigenvalue weighted by Gasteiger charge is 2.24. The van der Waals surface area contributed by atoms with Crippen LogP contribution in [0, 0.1) is 0 Å². The van der Waals surface area contributed by atoms with E-state index in [0.29, 0.717) is 0 Å². The van der Waals surface area contributed by atoms with Crippen LogP contribution in [0.4, 0.5) is 0 Å². The lowest BCUT2D eigenvalue weighted by molar-refractivity contribution is 0.799. The second-order valence-corrected chi connectivity index (χ2v) is 17.8. The molecule has 0 saturated heterocycles. The highest BCUT2D eigenvalue weighted by atomic mass is 35.7. The fourth-order valence-corrected chi connectivity index (χ4v) is 7.86. The van der Waals surface area contributed by atoms with Gasteiger partial charge in [-0.3, -0.25) is 0 Å². The summed E-state index contributed by atoms with van der Waals surface area (Å²) in [5.41, 5.74) is 0. The Balaban J connectivity index is 3.61. The van der Waals surface area contributed by atoms with Gasteiger partial charge in [-0.1, -0.05) is 64.0 Å². The van der Waals surface area contributed by atoms with E-state index in [1.54, 1.807) is 0 Å². The predicted molar refractivity (Wildman–Crippen MR) is 94.6 cm³/mol. The molecule has 0 aromatic heterocycles. The third kappa shape index (κ3) is 9.64. The Labute approximate surface area is 127 Å². The van der Waals surface area contributed by atoms with Crippen LogP contribution in [-0.4, -0.2) is 21.8 Å². The van der Waals surface area contributed by atoms with Crippen LogP contribution in [0.15, 0.2) is 0 Å². The van der Waals surface area contributed by atoms with Gasteiger partial charge >= 0.3 is 0 Å². The molecule has 2 unspecified atom stereocenters. The molecule has 0 N–H and O–H groups in total. The van der Waals surface area contributed by atoms with Crippen molar-refractivity contribution in [3.8, 4) is 0 Å². The minimum Gasteiger partial charge on any atom is -0.117 e. The Kier molecular flexibility index (Phi) is 9.49. The van der Waals surface area contributed by atoms with Crippen molar-refractivity contribution in [1.82, 2.24) is 0 Å². The molecule has 0 amide bonds. The van der Waals surface area contributed by atoms with Crippen LogP contribution in [0.3, 0.4) is 0 Å². The Morgan fingerprint density at radius 1 is 0.765 bits per heavy atom. The molecular formula is C11H24Cl2P2S2. The Bertz CT molecular complexity index is 192. The zero-order chi connectivity index (χ0) is 13.7. The largest absolute Gasteiger partial charge is 0.117 e. The average molecular weight is 353 g/mol. The van der Waals surface area contributed by atoms with Crippen LogP contribution in [0.1, 0.15) is 48.0 Å². The van der Waals surface area contributed by atoms with Crippen molar-refractivity contribution in [2.24, 2.45) is 0 Å². The molecule has 0 spiro atoms. The first-order valence-corrected chi connectivity index (χ1v) is 13.4. The summed E-state index contributed by atoms with van der Waals surface area (Å²) in [6.07, 6.45) is 1.21. The van der Waals surface area contributed by atoms with Crippen molar-refractivity contribution in [3.05, 3.63) is 0 Å². The highest BCUT2D eigenvalue weighted by molar-refractivity contribution is 8.63. The lowest BCUT2D eigenvalue weighted by Crippen LogP contribution is -2.07. The van der Waals surface area contributed by atoms with Gasteiger partial charge in [0.2, 0.25) is 0 Å². The van der Waals surface area contributed by atoms with Crippen LogP contribution in [0.5, 0.6) is 0 Å². The topological polar surface area (TPSA) is 0 Å². The van der Waals surface area contributed by atoms with E-state index < -0.39 is 13.0 Å². The van der Waals surface area contributed by atoms with Crippen LogP contribution in [0.2, 0.25) is 0 Å². The van der Waals surface area contributed by atoms with Crippen molar-refractivity contribution < 1.29 is 0 Å². The smallest absolute Gasteiger partial charge is 0.0548 e. The van der Waals surface area contributed by atoms with Gasteiger partial charge in [-0.25, -0.2) is 0 Å². The van der Waals surface area contributed by atoms with Crippen molar-refractivity contribution >= 4 is 58.2 Å². The van der Waals surface area contributed by atoms with E-state index in [1.165, 1.54) is 6.42 Å². The van der Waals surface area contributed by atoms with E-state index in [4.69, 9.17) is 22.5 Å². The van der Waals surface area contributed by atoms with Gasteiger partial charge in [0.05, 0.1) is 13.0 Å². The standard InChI is InChI=1S/C11H24Cl2P2S2/c1-10(2,3)14(12)16-8-7-9-17-15(13)11(4,5)6/h7-9H2,1-6H3. The van der Waals surface area contributed by atoms with E-state index in [2.05, 4.69) is 41.5 Å². The van der Waals surface area contributed by atoms with Gasteiger partial charge in [-0.05, 0) is 17.9 Å². The summed E-state index contributed by atoms with van der Waals surface area (Å²) in [6, 6.07) is 0. The van der Waals surface area contributed by atoms with Crippen molar-refractivity contribution in [2.75, 3.05) is 11.5 Å².